The predicted molar refractivity (Wildman–Crippen MR) is 90.2 cm³/mol. The molecule has 0 saturated heterocycles. The standard InChI is InChI=1S/C16H15ClN2O3S/c1-10-9-23-15(19-10)8-18-14(20)3-2-11-6-12(17)16-13(7-11)21-4-5-22-16/h2-3,6-7,9H,4-5,8H2,1H3,(H,18,20)/b3-2+. The molecule has 0 aliphatic carbocycles. The second-order valence-corrected chi connectivity index (χ2v) is 6.31. The summed E-state index contributed by atoms with van der Waals surface area (Å²) in [7, 11) is 0. The lowest BCUT2D eigenvalue weighted by atomic mass is 10.1. The highest BCUT2D eigenvalue weighted by molar-refractivity contribution is 7.09. The van der Waals surface area contributed by atoms with Crippen molar-refractivity contribution in [2.75, 3.05) is 13.2 Å². The number of benzene rings is 1. The van der Waals surface area contributed by atoms with Gasteiger partial charge in [0.1, 0.15) is 18.2 Å². The molecule has 0 radical (unpaired) electrons. The molecule has 0 fully saturated rings. The van der Waals surface area contributed by atoms with Gasteiger partial charge in [-0.3, -0.25) is 4.79 Å². The molecule has 0 bridgehead atoms. The lowest BCUT2D eigenvalue weighted by Crippen LogP contribution is -2.20. The summed E-state index contributed by atoms with van der Waals surface area (Å²) in [5.41, 5.74) is 1.74. The maximum Gasteiger partial charge on any atom is 0.244 e. The summed E-state index contributed by atoms with van der Waals surface area (Å²) in [6.45, 7) is 3.32. The lowest BCUT2D eigenvalue weighted by Gasteiger charge is -2.19. The number of halogens is 1. The first kappa shape index (κ1) is 15.8. The maximum absolute atomic E-state index is 11.9. The minimum Gasteiger partial charge on any atom is -0.486 e. The van der Waals surface area contributed by atoms with Gasteiger partial charge in [0.25, 0.3) is 0 Å². The maximum atomic E-state index is 11.9. The Morgan fingerprint density at radius 3 is 3.04 bits per heavy atom. The normalized spacial score (nSPS) is 13.3. The highest BCUT2D eigenvalue weighted by atomic mass is 35.5. The van der Waals surface area contributed by atoms with Crippen LogP contribution in [0, 0.1) is 6.92 Å². The van der Waals surface area contributed by atoms with Crippen molar-refractivity contribution in [3.8, 4) is 11.5 Å². The van der Waals surface area contributed by atoms with Crippen molar-refractivity contribution < 1.29 is 14.3 Å². The molecule has 5 nitrogen and oxygen atoms in total. The minimum atomic E-state index is -0.191. The second-order valence-electron chi connectivity index (χ2n) is 4.96. The van der Waals surface area contributed by atoms with Crippen LogP contribution in [0.4, 0.5) is 0 Å². The molecule has 0 spiro atoms. The molecule has 1 aliphatic heterocycles. The summed E-state index contributed by atoms with van der Waals surface area (Å²) in [6.07, 6.45) is 3.15. The van der Waals surface area contributed by atoms with Gasteiger partial charge in [-0.2, -0.15) is 0 Å². The largest absolute Gasteiger partial charge is 0.486 e. The number of carbonyl (C=O) groups is 1. The Balaban J connectivity index is 1.63. The van der Waals surface area contributed by atoms with Crippen molar-refractivity contribution in [3.63, 3.8) is 0 Å². The highest BCUT2D eigenvalue weighted by Gasteiger charge is 2.15. The van der Waals surface area contributed by atoms with Gasteiger partial charge in [0.05, 0.1) is 11.6 Å². The zero-order valence-electron chi connectivity index (χ0n) is 12.5. The zero-order valence-corrected chi connectivity index (χ0v) is 14.0. The van der Waals surface area contributed by atoms with Gasteiger partial charge in [-0.15, -0.1) is 11.3 Å². The van der Waals surface area contributed by atoms with Gasteiger partial charge in [0, 0.05) is 17.2 Å². The Kier molecular flexibility index (Phi) is 4.83. The Labute approximate surface area is 142 Å². The van der Waals surface area contributed by atoms with Crippen LogP contribution >= 0.6 is 22.9 Å². The van der Waals surface area contributed by atoms with Crippen LogP contribution in [0.25, 0.3) is 6.08 Å². The van der Waals surface area contributed by atoms with Gasteiger partial charge in [-0.25, -0.2) is 4.98 Å². The molecule has 2 aromatic rings. The second kappa shape index (κ2) is 7.02. The fourth-order valence-electron chi connectivity index (χ4n) is 2.10. The summed E-state index contributed by atoms with van der Waals surface area (Å²) in [5.74, 6) is 0.963. The van der Waals surface area contributed by atoms with Crippen molar-refractivity contribution in [3.05, 3.63) is 44.9 Å². The molecule has 23 heavy (non-hydrogen) atoms. The molecule has 1 aromatic heterocycles. The number of carbonyl (C=O) groups excluding carboxylic acids is 1. The van der Waals surface area contributed by atoms with Gasteiger partial charge < -0.3 is 14.8 Å². The number of nitrogens with one attached hydrogen (secondary N) is 1. The van der Waals surface area contributed by atoms with Crippen LogP contribution in [0.3, 0.4) is 0 Å². The van der Waals surface area contributed by atoms with Crippen molar-refractivity contribution in [1.29, 1.82) is 0 Å². The first-order valence-electron chi connectivity index (χ1n) is 7.08. The first-order valence-corrected chi connectivity index (χ1v) is 8.33. The molecule has 1 amide bonds. The molecule has 0 unspecified atom stereocenters. The van der Waals surface area contributed by atoms with E-state index in [1.807, 2.05) is 12.3 Å². The zero-order chi connectivity index (χ0) is 16.2. The highest BCUT2D eigenvalue weighted by Crippen LogP contribution is 2.38. The van der Waals surface area contributed by atoms with Crippen molar-refractivity contribution in [2.24, 2.45) is 0 Å². The number of thiazole rings is 1. The molecule has 120 valence electrons. The number of aryl methyl sites for hydroxylation is 1. The van der Waals surface area contributed by atoms with Gasteiger partial charge in [0.2, 0.25) is 5.91 Å². The molecule has 3 rings (SSSR count). The van der Waals surface area contributed by atoms with E-state index in [0.29, 0.717) is 36.3 Å². The number of fused-ring (bicyclic) bond motifs is 1. The van der Waals surface area contributed by atoms with Crippen LogP contribution < -0.4 is 14.8 Å². The smallest absolute Gasteiger partial charge is 0.244 e. The van der Waals surface area contributed by atoms with Gasteiger partial charge in [-0.05, 0) is 30.7 Å². The lowest BCUT2D eigenvalue weighted by molar-refractivity contribution is -0.116. The predicted octanol–water partition coefficient (Wildman–Crippen LogP) is 3.21. The van der Waals surface area contributed by atoms with E-state index in [2.05, 4.69) is 10.3 Å². The summed E-state index contributed by atoms with van der Waals surface area (Å²) >= 11 is 7.69. The fourth-order valence-corrected chi connectivity index (χ4v) is 3.09. The van der Waals surface area contributed by atoms with Crippen LogP contribution in [-0.4, -0.2) is 24.1 Å². The topological polar surface area (TPSA) is 60.5 Å². The third-order valence-corrected chi connectivity index (χ3v) is 4.37. The van der Waals surface area contributed by atoms with E-state index in [-0.39, 0.29) is 5.91 Å². The molecule has 0 atom stereocenters. The molecule has 0 saturated carbocycles. The van der Waals surface area contributed by atoms with E-state index >= 15 is 0 Å². The minimum absolute atomic E-state index is 0.191. The Morgan fingerprint density at radius 1 is 1.43 bits per heavy atom. The summed E-state index contributed by atoms with van der Waals surface area (Å²) in [6, 6.07) is 3.54. The molecule has 1 N–H and O–H groups in total. The SMILES string of the molecule is Cc1csc(CNC(=O)/C=C/c2cc(Cl)c3c(c2)OCCO3)n1. The van der Waals surface area contributed by atoms with E-state index in [1.54, 1.807) is 18.2 Å². The number of rotatable bonds is 4. The molecule has 7 heteroatoms. The van der Waals surface area contributed by atoms with Crippen molar-refractivity contribution >= 4 is 34.9 Å². The van der Waals surface area contributed by atoms with E-state index in [1.165, 1.54) is 17.4 Å². The van der Waals surface area contributed by atoms with Gasteiger partial charge in [-0.1, -0.05) is 11.6 Å². The van der Waals surface area contributed by atoms with Crippen LogP contribution in [0.1, 0.15) is 16.3 Å². The van der Waals surface area contributed by atoms with E-state index in [9.17, 15) is 4.79 Å². The van der Waals surface area contributed by atoms with Gasteiger partial charge >= 0.3 is 0 Å². The van der Waals surface area contributed by atoms with Crippen molar-refractivity contribution in [2.45, 2.75) is 13.5 Å². The van der Waals surface area contributed by atoms with Gasteiger partial charge in [0.15, 0.2) is 11.5 Å². The van der Waals surface area contributed by atoms with Crippen LogP contribution in [0.2, 0.25) is 5.02 Å². The van der Waals surface area contributed by atoms with E-state index in [0.717, 1.165) is 16.3 Å². The van der Waals surface area contributed by atoms with E-state index < -0.39 is 0 Å². The monoisotopic (exact) mass is 350 g/mol. The summed E-state index contributed by atoms with van der Waals surface area (Å²) in [4.78, 5) is 16.2. The molecular formula is C16H15ClN2O3S. The number of amides is 1. The Bertz CT molecular complexity index is 758. The Morgan fingerprint density at radius 2 is 2.26 bits per heavy atom. The molecule has 1 aromatic carbocycles. The third kappa shape index (κ3) is 4.03. The Hall–Kier alpha value is -2.05. The average molecular weight is 351 g/mol. The number of nitrogens with zero attached hydrogens (tertiary/aromatic N) is 1. The first-order chi connectivity index (χ1) is 11.1. The quantitative estimate of drug-likeness (QED) is 0.860. The molecule has 1 aliphatic rings. The fraction of sp³-hybridized carbons (Fsp3) is 0.250. The van der Waals surface area contributed by atoms with E-state index in [4.69, 9.17) is 21.1 Å². The third-order valence-electron chi connectivity index (χ3n) is 3.13. The number of aromatic nitrogens is 1. The average Bonchev–Trinajstić information content (AvgIpc) is 2.96. The van der Waals surface area contributed by atoms with Crippen molar-refractivity contribution in [1.82, 2.24) is 10.3 Å². The number of hydrogen-bond donors (Lipinski definition) is 1. The van der Waals surface area contributed by atoms with Crippen LogP contribution in [0.5, 0.6) is 11.5 Å². The van der Waals surface area contributed by atoms with Crippen LogP contribution in [-0.2, 0) is 11.3 Å². The summed E-state index contributed by atoms with van der Waals surface area (Å²) in [5, 5.41) is 6.10. The summed E-state index contributed by atoms with van der Waals surface area (Å²) < 4.78 is 11.0. The molecule has 2 heterocycles. The number of hydrogen-bond acceptors (Lipinski definition) is 5. The van der Waals surface area contributed by atoms with Crippen LogP contribution in [0.15, 0.2) is 23.6 Å². The number of ether oxygens (including phenoxy) is 2. The molecular weight excluding hydrogens is 336 g/mol.